The molecule has 31 heavy (non-hydrogen) atoms. The average Bonchev–Trinajstić information content (AvgIpc) is 3.19. The van der Waals surface area contributed by atoms with Crippen molar-refractivity contribution < 1.29 is 10.2 Å². The molecular weight excluding hydrogens is 380 g/mol. The molecule has 8 unspecified atom stereocenters. The highest BCUT2D eigenvalue weighted by Crippen LogP contribution is 2.53. The van der Waals surface area contributed by atoms with Crippen LogP contribution < -0.4 is 0 Å². The molecule has 2 heteroatoms. The van der Waals surface area contributed by atoms with E-state index in [2.05, 4.69) is 20.8 Å². The highest BCUT2D eigenvalue weighted by atomic mass is 16.3. The van der Waals surface area contributed by atoms with Gasteiger partial charge in [-0.1, -0.05) is 59.3 Å². The van der Waals surface area contributed by atoms with E-state index < -0.39 is 0 Å². The highest BCUT2D eigenvalue weighted by molar-refractivity contribution is 4.95. The summed E-state index contributed by atoms with van der Waals surface area (Å²) >= 11 is 0. The Morgan fingerprint density at radius 2 is 1.45 bits per heavy atom. The Bertz CT molecular complexity index is 539. The van der Waals surface area contributed by atoms with Crippen molar-refractivity contribution in [3.05, 3.63) is 0 Å². The smallest absolute Gasteiger partial charge is 0.0596 e. The van der Waals surface area contributed by atoms with Crippen molar-refractivity contribution in [1.82, 2.24) is 0 Å². The molecule has 4 rings (SSSR count). The second-order valence-corrected chi connectivity index (χ2v) is 12.7. The van der Waals surface area contributed by atoms with Gasteiger partial charge < -0.3 is 10.2 Å². The average molecular weight is 433 g/mol. The van der Waals surface area contributed by atoms with Crippen molar-refractivity contribution in [2.45, 2.75) is 129 Å². The van der Waals surface area contributed by atoms with Crippen LogP contribution in [0.25, 0.3) is 0 Å². The van der Waals surface area contributed by atoms with Gasteiger partial charge in [-0.05, 0) is 111 Å². The van der Waals surface area contributed by atoms with Gasteiger partial charge in [0.25, 0.3) is 0 Å². The van der Waals surface area contributed by atoms with Crippen molar-refractivity contribution in [2.75, 3.05) is 0 Å². The summed E-state index contributed by atoms with van der Waals surface area (Å²) < 4.78 is 0. The second kappa shape index (κ2) is 10.9. The fraction of sp³-hybridized carbons (Fsp3) is 1.00. The molecule has 180 valence electrons. The van der Waals surface area contributed by atoms with Gasteiger partial charge >= 0.3 is 0 Å². The number of rotatable bonds is 7. The molecule has 0 heterocycles. The summed E-state index contributed by atoms with van der Waals surface area (Å²) in [4.78, 5) is 0. The molecule has 0 saturated heterocycles. The van der Waals surface area contributed by atoms with Gasteiger partial charge in [0.1, 0.15) is 0 Å². The lowest BCUT2D eigenvalue weighted by Gasteiger charge is -2.51. The summed E-state index contributed by atoms with van der Waals surface area (Å²) in [6.07, 6.45) is 19.6. The Labute approximate surface area is 193 Å². The summed E-state index contributed by atoms with van der Waals surface area (Å²) in [7, 11) is 0. The lowest BCUT2D eigenvalue weighted by molar-refractivity contribution is -0.0506. The zero-order valence-electron chi connectivity index (χ0n) is 20.9. The molecule has 2 N–H and O–H groups in total. The van der Waals surface area contributed by atoms with Crippen molar-refractivity contribution in [2.24, 2.45) is 53.3 Å². The maximum absolute atomic E-state index is 11.3. The lowest BCUT2D eigenvalue weighted by atomic mass is 9.55. The topological polar surface area (TPSA) is 40.5 Å². The minimum atomic E-state index is -0.0675. The Balaban J connectivity index is 1.29. The van der Waals surface area contributed by atoms with Crippen LogP contribution in [0.1, 0.15) is 117 Å². The van der Waals surface area contributed by atoms with Crippen molar-refractivity contribution in [1.29, 1.82) is 0 Å². The number of fused-ring (bicyclic) bond motifs is 1. The largest absolute Gasteiger partial charge is 0.393 e. The van der Waals surface area contributed by atoms with Crippen LogP contribution in [0, 0.1) is 53.3 Å². The predicted molar refractivity (Wildman–Crippen MR) is 130 cm³/mol. The molecule has 0 aliphatic heterocycles. The third kappa shape index (κ3) is 5.53. The molecule has 4 saturated carbocycles. The Morgan fingerprint density at radius 1 is 0.742 bits per heavy atom. The van der Waals surface area contributed by atoms with Gasteiger partial charge in [-0.3, -0.25) is 0 Å². The summed E-state index contributed by atoms with van der Waals surface area (Å²) in [5.41, 5.74) is 0. The summed E-state index contributed by atoms with van der Waals surface area (Å²) in [6.45, 7) is 7.35. The molecule has 9 atom stereocenters. The molecule has 4 aliphatic carbocycles. The van der Waals surface area contributed by atoms with Gasteiger partial charge in [-0.15, -0.1) is 0 Å². The number of hydrogen-bond donors (Lipinski definition) is 2. The molecule has 0 aromatic rings. The maximum Gasteiger partial charge on any atom is 0.0596 e. The van der Waals surface area contributed by atoms with E-state index in [1.807, 2.05) is 0 Å². The minimum Gasteiger partial charge on any atom is -0.393 e. The van der Waals surface area contributed by atoms with E-state index in [1.165, 1.54) is 89.9 Å². The monoisotopic (exact) mass is 432 g/mol. The van der Waals surface area contributed by atoms with Crippen LogP contribution in [0.3, 0.4) is 0 Å². The molecule has 2 nitrogen and oxygen atoms in total. The molecule has 0 bridgehead atoms. The molecule has 0 amide bonds. The first-order valence-corrected chi connectivity index (χ1v) is 14.3. The molecule has 4 fully saturated rings. The van der Waals surface area contributed by atoms with E-state index in [9.17, 15) is 10.2 Å². The summed E-state index contributed by atoms with van der Waals surface area (Å²) in [6, 6.07) is 0. The summed E-state index contributed by atoms with van der Waals surface area (Å²) in [5, 5.41) is 21.5. The second-order valence-electron chi connectivity index (χ2n) is 12.7. The standard InChI is InChI=1S/C29H52O2/c1-19-13-15-24(16-14-19)29(31)21(3)26-11-6-10-25-20(2)22(17-18-27(25)26)7-4-8-23-9-5-12-28(23)30/h19-31H,4-18H2,1-3H3/t19?,20?,21?,22?,23-,24?,25?,26?,27?,28?,29?/m1/s1. The van der Waals surface area contributed by atoms with Gasteiger partial charge in [0.2, 0.25) is 0 Å². The first-order valence-electron chi connectivity index (χ1n) is 14.3. The van der Waals surface area contributed by atoms with Crippen LogP contribution >= 0.6 is 0 Å². The fourth-order valence-electron chi connectivity index (χ4n) is 8.80. The van der Waals surface area contributed by atoms with Crippen LogP contribution in [-0.4, -0.2) is 22.4 Å². The first kappa shape index (κ1) is 24.1. The van der Waals surface area contributed by atoms with Gasteiger partial charge in [-0.25, -0.2) is 0 Å². The van der Waals surface area contributed by atoms with E-state index in [1.54, 1.807) is 0 Å². The quantitative estimate of drug-likeness (QED) is 0.446. The van der Waals surface area contributed by atoms with Gasteiger partial charge in [0.15, 0.2) is 0 Å². The predicted octanol–water partition coefficient (Wildman–Crippen LogP) is 7.22. The molecule has 0 radical (unpaired) electrons. The Hall–Kier alpha value is -0.0800. The van der Waals surface area contributed by atoms with Gasteiger partial charge in [0, 0.05) is 0 Å². The zero-order valence-corrected chi connectivity index (χ0v) is 20.9. The lowest BCUT2D eigenvalue weighted by Crippen LogP contribution is -2.45. The van der Waals surface area contributed by atoms with Gasteiger partial charge in [0.05, 0.1) is 12.2 Å². The van der Waals surface area contributed by atoms with E-state index in [-0.39, 0.29) is 12.2 Å². The van der Waals surface area contributed by atoms with E-state index in [0.717, 1.165) is 41.9 Å². The van der Waals surface area contributed by atoms with Crippen LogP contribution in [0.4, 0.5) is 0 Å². The van der Waals surface area contributed by atoms with Crippen LogP contribution in [-0.2, 0) is 0 Å². The Kier molecular flexibility index (Phi) is 8.46. The van der Waals surface area contributed by atoms with E-state index >= 15 is 0 Å². The first-order chi connectivity index (χ1) is 15.0. The maximum atomic E-state index is 11.3. The molecule has 0 aromatic heterocycles. The number of aliphatic hydroxyl groups excluding tert-OH is 2. The number of hydrogen-bond acceptors (Lipinski definition) is 2. The van der Waals surface area contributed by atoms with Crippen LogP contribution in [0.2, 0.25) is 0 Å². The molecule has 4 aliphatic rings. The van der Waals surface area contributed by atoms with Crippen molar-refractivity contribution >= 4 is 0 Å². The fourth-order valence-corrected chi connectivity index (χ4v) is 8.80. The SMILES string of the molecule is CC1CCC(C(O)C(C)C2CCCC3C(C)C(CCC[C@@H]4CCCC4O)CCC32)CC1. The Morgan fingerprint density at radius 3 is 2.16 bits per heavy atom. The van der Waals surface area contributed by atoms with E-state index in [0.29, 0.717) is 17.8 Å². The molecule has 0 aromatic carbocycles. The third-order valence-corrected chi connectivity index (χ3v) is 11.0. The van der Waals surface area contributed by atoms with Crippen LogP contribution in [0.5, 0.6) is 0 Å². The van der Waals surface area contributed by atoms with Gasteiger partial charge in [-0.2, -0.15) is 0 Å². The minimum absolute atomic E-state index is 0.00689. The van der Waals surface area contributed by atoms with E-state index in [4.69, 9.17) is 0 Å². The van der Waals surface area contributed by atoms with Crippen LogP contribution in [0.15, 0.2) is 0 Å². The number of aliphatic hydroxyl groups is 2. The normalized spacial score (nSPS) is 45.8. The van der Waals surface area contributed by atoms with Crippen molar-refractivity contribution in [3.63, 3.8) is 0 Å². The third-order valence-electron chi connectivity index (χ3n) is 11.0. The van der Waals surface area contributed by atoms with Crippen molar-refractivity contribution in [3.8, 4) is 0 Å². The zero-order chi connectivity index (χ0) is 22.0. The molecule has 0 spiro atoms. The molecular formula is C29H52O2. The highest BCUT2D eigenvalue weighted by Gasteiger charge is 2.45. The summed E-state index contributed by atoms with van der Waals surface area (Å²) in [5.74, 6) is 6.78.